The maximum atomic E-state index is 14.2. The molecule has 13 nitrogen and oxygen atoms in total. The smallest absolute Gasteiger partial charge is 0.431 e. The Morgan fingerprint density at radius 2 is 1.85 bits per heavy atom. The van der Waals surface area contributed by atoms with E-state index in [4.69, 9.17) is 21.1 Å². The van der Waals surface area contributed by atoms with E-state index in [1.807, 2.05) is 0 Å². The van der Waals surface area contributed by atoms with Crippen LogP contribution < -0.4 is 5.32 Å². The van der Waals surface area contributed by atoms with Crippen molar-refractivity contribution in [2.45, 2.75) is 44.9 Å². The van der Waals surface area contributed by atoms with Gasteiger partial charge in [0.15, 0.2) is 6.10 Å². The van der Waals surface area contributed by atoms with Crippen LogP contribution in [-0.2, 0) is 25.4 Å². The highest BCUT2D eigenvalue weighted by Crippen LogP contribution is 2.26. The van der Waals surface area contributed by atoms with E-state index >= 15 is 0 Å². The minimum atomic E-state index is -1.72. The molecule has 15 heteroatoms. The molecule has 0 radical (unpaired) electrons. The summed E-state index contributed by atoms with van der Waals surface area (Å²) in [6, 6.07) is 9.97. The molecule has 1 amide bonds. The van der Waals surface area contributed by atoms with Crippen molar-refractivity contribution in [3.63, 3.8) is 0 Å². The van der Waals surface area contributed by atoms with Gasteiger partial charge in [0.25, 0.3) is 11.7 Å². The number of ether oxygens (including phenoxy) is 3. The number of hydrogen-bond donors (Lipinski definition) is 3. The average molecular weight is 566 g/mol. The number of aliphatic hydroxyl groups is 1. The summed E-state index contributed by atoms with van der Waals surface area (Å²) in [4.78, 5) is 36.2. The molecule has 0 aliphatic heterocycles. The molecule has 3 N–H and O–H groups in total. The zero-order valence-electron chi connectivity index (χ0n) is 20.8. The molecule has 2 atom stereocenters. The molecule has 0 bridgehead atoms. The fourth-order valence-corrected chi connectivity index (χ4v) is 3.56. The number of carbonyl (C=O) groups excluding carboxylic acids is 3. The summed E-state index contributed by atoms with van der Waals surface area (Å²) in [5, 5.41) is 32.5. The number of nitrogens with one attached hydrogen (secondary N) is 1. The SMILES string of the molecule is CC(C)OC(=O)OCOC(=O)[C@H](O)C[C@@H](Cc1ccc(-c2cc(Cl)ccc2F)cc1)NC(=O)c1nnn(O)n1. The predicted octanol–water partition coefficient (Wildman–Crippen LogP) is 2.52. The molecule has 2 aromatic carbocycles. The van der Waals surface area contributed by atoms with E-state index in [0.29, 0.717) is 21.7 Å². The first-order valence-electron chi connectivity index (χ1n) is 11.5. The second kappa shape index (κ2) is 13.5. The third-order valence-corrected chi connectivity index (χ3v) is 5.34. The van der Waals surface area contributed by atoms with Crippen molar-refractivity contribution in [1.82, 2.24) is 25.7 Å². The molecule has 3 rings (SSSR count). The summed E-state index contributed by atoms with van der Waals surface area (Å²) in [6.45, 7) is 2.42. The lowest BCUT2D eigenvalue weighted by Crippen LogP contribution is -2.41. The quantitative estimate of drug-likeness (QED) is 0.177. The van der Waals surface area contributed by atoms with Crippen molar-refractivity contribution >= 4 is 29.6 Å². The molecular formula is C24H25ClFN5O8. The van der Waals surface area contributed by atoms with Crippen LogP contribution in [0, 0.1) is 5.82 Å². The van der Waals surface area contributed by atoms with Gasteiger partial charge in [-0.1, -0.05) is 46.1 Å². The Hall–Kier alpha value is -4.30. The summed E-state index contributed by atoms with van der Waals surface area (Å²) in [5.74, 6) is -2.86. The Labute approximate surface area is 226 Å². The monoisotopic (exact) mass is 565 g/mol. The highest BCUT2D eigenvalue weighted by Gasteiger charge is 2.26. The van der Waals surface area contributed by atoms with E-state index < -0.39 is 54.7 Å². The van der Waals surface area contributed by atoms with Crippen LogP contribution in [0.1, 0.15) is 36.5 Å². The number of aromatic nitrogens is 4. The average Bonchev–Trinajstić information content (AvgIpc) is 3.32. The van der Waals surface area contributed by atoms with Gasteiger partial charge in [0, 0.05) is 28.0 Å². The van der Waals surface area contributed by atoms with Crippen molar-refractivity contribution < 1.29 is 43.3 Å². The normalized spacial score (nSPS) is 12.5. The lowest BCUT2D eigenvalue weighted by molar-refractivity contribution is -0.164. The number of esters is 1. The largest absolute Gasteiger partial charge is 0.511 e. The second-order valence-electron chi connectivity index (χ2n) is 8.47. The fraction of sp³-hybridized carbons (Fsp3) is 0.333. The topological polar surface area (TPSA) is 175 Å². The van der Waals surface area contributed by atoms with Gasteiger partial charge in [-0.05, 0) is 54.8 Å². The number of hydrogen-bond acceptors (Lipinski definition) is 11. The molecule has 0 aliphatic carbocycles. The number of benzene rings is 2. The fourth-order valence-electron chi connectivity index (χ4n) is 3.39. The van der Waals surface area contributed by atoms with E-state index in [1.54, 1.807) is 38.1 Å². The van der Waals surface area contributed by atoms with Gasteiger partial charge in [0.1, 0.15) is 5.82 Å². The predicted molar refractivity (Wildman–Crippen MR) is 131 cm³/mol. The lowest BCUT2D eigenvalue weighted by atomic mass is 9.97. The van der Waals surface area contributed by atoms with E-state index in [9.17, 15) is 29.1 Å². The molecule has 3 aromatic rings. The first-order chi connectivity index (χ1) is 18.5. The second-order valence-corrected chi connectivity index (χ2v) is 8.91. The summed E-state index contributed by atoms with van der Waals surface area (Å²) < 4.78 is 28.3. The molecule has 208 valence electrons. The van der Waals surface area contributed by atoms with Crippen LogP contribution >= 0.6 is 11.6 Å². The summed E-state index contributed by atoms with van der Waals surface area (Å²) in [7, 11) is 0. The maximum absolute atomic E-state index is 14.2. The first-order valence-corrected chi connectivity index (χ1v) is 11.9. The Bertz CT molecular complexity index is 1300. The van der Waals surface area contributed by atoms with Gasteiger partial charge < -0.3 is 29.8 Å². The van der Waals surface area contributed by atoms with Gasteiger partial charge in [-0.3, -0.25) is 4.79 Å². The van der Waals surface area contributed by atoms with Gasteiger partial charge in [0.2, 0.25) is 6.79 Å². The van der Waals surface area contributed by atoms with Crippen molar-refractivity contribution in [3.8, 4) is 11.1 Å². The van der Waals surface area contributed by atoms with Crippen LogP contribution in [0.3, 0.4) is 0 Å². The van der Waals surface area contributed by atoms with Crippen LogP contribution in [-0.4, -0.2) is 73.8 Å². The first kappa shape index (κ1) is 29.3. The Morgan fingerprint density at radius 1 is 1.13 bits per heavy atom. The third kappa shape index (κ3) is 8.90. The molecule has 0 saturated carbocycles. The van der Waals surface area contributed by atoms with E-state index in [2.05, 4.69) is 25.5 Å². The van der Waals surface area contributed by atoms with Crippen molar-refractivity contribution in [3.05, 3.63) is 64.7 Å². The molecule has 0 spiro atoms. The standard InChI is InChI=1S/C24H25ClFN5O8/c1-13(2)39-24(35)38-12-37-23(34)20(32)11-17(27-22(33)21-28-30-31(36)29-21)9-14-3-5-15(6-4-14)18-10-16(25)7-8-19(18)26/h3-8,10,13,17,20,32,36H,9,11-12H2,1-2H3,(H,27,33)/t17-,20-/m1/s1. The molecule has 1 heterocycles. The van der Waals surface area contributed by atoms with E-state index in [0.717, 1.165) is 0 Å². The minimum absolute atomic E-state index is 0.105. The van der Waals surface area contributed by atoms with Crippen LogP contribution in [0.2, 0.25) is 5.02 Å². The number of halogens is 2. The summed E-state index contributed by atoms with van der Waals surface area (Å²) in [5.41, 5.74) is 1.52. The van der Waals surface area contributed by atoms with E-state index in [1.165, 1.54) is 18.2 Å². The Kier molecular flexibility index (Phi) is 10.1. The van der Waals surface area contributed by atoms with Crippen molar-refractivity contribution in [1.29, 1.82) is 0 Å². The molecule has 1 aromatic heterocycles. The van der Waals surface area contributed by atoms with Gasteiger partial charge in [0.05, 0.1) is 6.10 Å². The number of amides is 1. The maximum Gasteiger partial charge on any atom is 0.511 e. The van der Waals surface area contributed by atoms with Crippen LogP contribution in [0.5, 0.6) is 0 Å². The molecule has 39 heavy (non-hydrogen) atoms. The molecule has 0 fully saturated rings. The molecule has 0 unspecified atom stereocenters. The summed E-state index contributed by atoms with van der Waals surface area (Å²) in [6.07, 6.45) is -3.43. The third-order valence-electron chi connectivity index (χ3n) is 5.11. The molecule has 0 saturated heterocycles. The Balaban J connectivity index is 1.68. The number of rotatable bonds is 11. The van der Waals surface area contributed by atoms with Gasteiger partial charge in [-0.25, -0.2) is 14.0 Å². The number of nitrogens with zero attached hydrogens (tertiary/aromatic N) is 4. The number of tetrazole rings is 1. The highest BCUT2D eigenvalue weighted by atomic mass is 35.5. The summed E-state index contributed by atoms with van der Waals surface area (Å²) >= 11 is 5.98. The zero-order chi connectivity index (χ0) is 28.5. The molecule has 0 aliphatic rings. The van der Waals surface area contributed by atoms with Crippen molar-refractivity contribution in [2.75, 3.05) is 6.79 Å². The number of carbonyl (C=O) groups is 3. The van der Waals surface area contributed by atoms with Gasteiger partial charge >= 0.3 is 12.1 Å². The number of aliphatic hydroxyl groups excluding tert-OH is 1. The van der Waals surface area contributed by atoms with Crippen LogP contribution in [0.4, 0.5) is 9.18 Å². The Morgan fingerprint density at radius 3 is 2.49 bits per heavy atom. The van der Waals surface area contributed by atoms with Gasteiger partial charge in [-0.2, -0.15) is 0 Å². The minimum Gasteiger partial charge on any atom is -0.431 e. The molecular weight excluding hydrogens is 541 g/mol. The van der Waals surface area contributed by atoms with Gasteiger partial charge in [-0.15, -0.1) is 0 Å². The van der Waals surface area contributed by atoms with Crippen LogP contribution in [0.25, 0.3) is 11.1 Å². The highest BCUT2D eigenvalue weighted by molar-refractivity contribution is 6.30. The van der Waals surface area contributed by atoms with Crippen molar-refractivity contribution in [2.24, 2.45) is 0 Å². The zero-order valence-corrected chi connectivity index (χ0v) is 21.5. The van der Waals surface area contributed by atoms with Crippen LogP contribution in [0.15, 0.2) is 42.5 Å². The van der Waals surface area contributed by atoms with E-state index in [-0.39, 0.29) is 17.8 Å². The lowest BCUT2D eigenvalue weighted by Gasteiger charge is -2.21.